The molecule has 3 heteroatoms. The molecule has 3 nitrogen and oxygen atoms in total. The molecule has 0 aliphatic carbocycles. The van der Waals surface area contributed by atoms with E-state index in [9.17, 15) is 0 Å². The van der Waals surface area contributed by atoms with Gasteiger partial charge in [0.05, 0.1) is 12.6 Å². The van der Waals surface area contributed by atoms with Gasteiger partial charge in [-0.3, -0.25) is 4.99 Å². The molecule has 0 radical (unpaired) electrons. The van der Waals surface area contributed by atoms with E-state index in [0.29, 0.717) is 12.0 Å². The summed E-state index contributed by atoms with van der Waals surface area (Å²) in [7, 11) is 0. The second kappa shape index (κ2) is 4.34. The first-order chi connectivity index (χ1) is 7.31. The lowest BCUT2D eigenvalue weighted by atomic mass is 10.1. The maximum atomic E-state index is 5.87. The highest BCUT2D eigenvalue weighted by Crippen LogP contribution is 2.15. The Kier molecular flexibility index (Phi) is 2.90. The number of nitrogens with zero attached hydrogens (tertiary/aromatic N) is 2. The summed E-state index contributed by atoms with van der Waals surface area (Å²) in [5, 5.41) is 0. The Balaban J connectivity index is 2.08. The molecule has 15 heavy (non-hydrogen) atoms. The Hall–Kier alpha value is -1.51. The van der Waals surface area contributed by atoms with E-state index >= 15 is 0 Å². The summed E-state index contributed by atoms with van der Waals surface area (Å²) in [4.78, 5) is 6.48. The summed E-state index contributed by atoms with van der Waals surface area (Å²) < 4.78 is 0. The lowest BCUT2D eigenvalue weighted by Crippen LogP contribution is -2.39. The van der Waals surface area contributed by atoms with Crippen LogP contribution in [0.5, 0.6) is 0 Å². The number of hydrogen-bond acceptors (Lipinski definition) is 3. The van der Waals surface area contributed by atoms with Crippen molar-refractivity contribution in [1.29, 1.82) is 0 Å². The van der Waals surface area contributed by atoms with Crippen molar-refractivity contribution in [1.82, 2.24) is 4.90 Å². The van der Waals surface area contributed by atoms with Gasteiger partial charge < -0.3 is 10.6 Å². The van der Waals surface area contributed by atoms with Crippen LogP contribution in [-0.2, 0) is 6.54 Å². The molecule has 0 bridgehead atoms. The van der Waals surface area contributed by atoms with E-state index in [1.165, 1.54) is 5.56 Å². The van der Waals surface area contributed by atoms with Crippen LogP contribution in [0.4, 0.5) is 0 Å². The van der Waals surface area contributed by atoms with Crippen LogP contribution in [0.3, 0.4) is 0 Å². The monoisotopic (exact) mass is 203 g/mol. The Bertz CT molecular complexity index is 345. The van der Waals surface area contributed by atoms with E-state index in [0.717, 1.165) is 19.5 Å². The zero-order chi connectivity index (χ0) is 10.7. The first-order valence-corrected chi connectivity index (χ1v) is 5.41. The van der Waals surface area contributed by atoms with Crippen LogP contribution in [0.1, 0.15) is 18.9 Å². The summed E-state index contributed by atoms with van der Waals surface area (Å²) >= 11 is 0. The second-order valence-corrected chi connectivity index (χ2v) is 3.87. The SMILES string of the molecule is CCC1CN=C(N)N1Cc1ccccc1. The Morgan fingerprint density at radius 3 is 2.80 bits per heavy atom. The summed E-state index contributed by atoms with van der Waals surface area (Å²) in [5.74, 6) is 0.686. The maximum Gasteiger partial charge on any atom is 0.191 e. The molecule has 1 heterocycles. The number of nitrogens with two attached hydrogens (primary N) is 1. The van der Waals surface area contributed by atoms with Crippen LogP contribution in [-0.4, -0.2) is 23.4 Å². The molecule has 1 aromatic carbocycles. The van der Waals surface area contributed by atoms with E-state index in [1.807, 2.05) is 6.07 Å². The van der Waals surface area contributed by atoms with Crippen molar-refractivity contribution in [2.24, 2.45) is 10.7 Å². The minimum Gasteiger partial charge on any atom is -0.370 e. The quantitative estimate of drug-likeness (QED) is 0.810. The third-order valence-corrected chi connectivity index (χ3v) is 2.87. The zero-order valence-electron chi connectivity index (χ0n) is 9.06. The molecule has 1 aliphatic heterocycles. The minimum absolute atomic E-state index is 0.477. The molecule has 80 valence electrons. The van der Waals surface area contributed by atoms with Crippen molar-refractivity contribution in [2.75, 3.05) is 6.54 Å². The van der Waals surface area contributed by atoms with Crippen molar-refractivity contribution in [2.45, 2.75) is 25.9 Å². The van der Waals surface area contributed by atoms with Gasteiger partial charge in [-0.1, -0.05) is 37.3 Å². The van der Waals surface area contributed by atoms with E-state index in [1.54, 1.807) is 0 Å². The van der Waals surface area contributed by atoms with Crippen molar-refractivity contribution in [3.8, 4) is 0 Å². The molecule has 2 rings (SSSR count). The van der Waals surface area contributed by atoms with Gasteiger partial charge >= 0.3 is 0 Å². The predicted molar refractivity (Wildman–Crippen MR) is 62.6 cm³/mol. The van der Waals surface area contributed by atoms with Gasteiger partial charge in [0.25, 0.3) is 0 Å². The van der Waals surface area contributed by atoms with Crippen LogP contribution >= 0.6 is 0 Å². The Morgan fingerprint density at radius 1 is 1.40 bits per heavy atom. The van der Waals surface area contributed by atoms with Crippen LogP contribution in [0, 0.1) is 0 Å². The highest BCUT2D eigenvalue weighted by atomic mass is 15.3. The maximum absolute atomic E-state index is 5.87. The van der Waals surface area contributed by atoms with Gasteiger partial charge in [-0.25, -0.2) is 0 Å². The summed E-state index contributed by atoms with van der Waals surface area (Å²) in [6, 6.07) is 10.9. The number of hydrogen-bond donors (Lipinski definition) is 1. The number of guanidine groups is 1. The molecule has 2 N–H and O–H groups in total. The fraction of sp³-hybridized carbons (Fsp3) is 0.417. The number of benzene rings is 1. The van der Waals surface area contributed by atoms with Crippen molar-refractivity contribution >= 4 is 5.96 Å². The second-order valence-electron chi connectivity index (χ2n) is 3.87. The molecule has 0 spiro atoms. The Morgan fingerprint density at radius 2 is 2.13 bits per heavy atom. The molecule has 0 aromatic heterocycles. The van der Waals surface area contributed by atoms with Gasteiger partial charge in [-0.05, 0) is 12.0 Å². The highest BCUT2D eigenvalue weighted by molar-refractivity contribution is 5.80. The molecule has 0 fully saturated rings. The smallest absolute Gasteiger partial charge is 0.191 e. The third kappa shape index (κ3) is 2.12. The van der Waals surface area contributed by atoms with Crippen molar-refractivity contribution in [3.63, 3.8) is 0 Å². The number of aliphatic imine (C=N–C) groups is 1. The van der Waals surface area contributed by atoms with Gasteiger partial charge in [0.15, 0.2) is 5.96 Å². The van der Waals surface area contributed by atoms with Crippen LogP contribution < -0.4 is 5.73 Å². The lowest BCUT2D eigenvalue weighted by Gasteiger charge is -2.25. The normalized spacial score (nSPS) is 20.5. The lowest BCUT2D eigenvalue weighted by molar-refractivity contribution is 0.325. The van der Waals surface area contributed by atoms with E-state index in [4.69, 9.17) is 5.73 Å². The topological polar surface area (TPSA) is 41.6 Å². The minimum atomic E-state index is 0.477. The predicted octanol–water partition coefficient (Wildman–Crippen LogP) is 1.60. The highest BCUT2D eigenvalue weighted by Gasteiger charge is 2.23. The van der Waals surface area contributed by atoms with Gasteiger partial charge in [0.2, 0.25) is 0 Å². The molecule has 0 saturated carbocycles. The summed E-state index contributed by atoms with van der Waals surface area (Å²) in [6.07, 6.45) is 1.09. The fourth-order valence-corrected chi connectivity index (χ4v) is 1.92. The third-order valence-electron chi connectivity index (χ3n) is 2.87. The number of rotatable bonds is 3. The van der Waals surface area contributed by atoms with Gasteiger partial charge in [0.1, 0.15) is 0 Å². The van der Waals surface area contributed by atoms with E-state index < -0.39 is 0 Å². The van der Waals surface area contributed by atoms with Crippen LogP contribution in [0.15, 0.2) is 35.3 Å². The van der Waals surface area contributed by atoms with Gasteiger partial charge in [0, 0.05) is 6.54 Å². The average molecular weight is 203 g/mol. The average Bonchev–Trinajstić information content (AvgIpc) is 2.62. The fourth-order valence-electron chi connectivity index (χ4n) is 1.92. The summed E-state index contributed by atoms with van der Waals surface area (Å²) in [6.45, 7) is 3.89. The van der Waals surface area contributed by atoms with Gasteiger partial charge in [-0.15, -0.1) is 0 Å². The van der Waals surface area contributed by atoms with Crippen molar-refractivity contribution in [3.05, 3.63) is 35.9 Å². The molecule has 1 aromatic rings. The first-order valence-electron chi connectivity index (χ1n) is 5.41. The van der Waals surface area contributed by atoms with Crippen LogP contribution in [0.25, 0.3) is 0 Å². The molecule has 1 aliphatic rings. The zero-order valence-corrected chi connectivity index (χ0v) is 9.06. The molecular formula is C12H17N3. The largest absolute Gasteiger partial charge is 0.370 e. The van der Waals surface area contributed by atoms with Crippen LogP contribution in [0.2, 0.25) is 0 Å². The first kappa shape index (κ1) is 10.0. The van der Waals surface area contributed by atoms with Crippen molar-refractivity contribution < 1.29 is 0 Å². The Labute approximate surface area is 90.6 Å². The van der Waals surface area contributed by atoms with E-state index in [-0.39, 0.29) is 0 Å². The molecule has 1 atom stereocenters. The standard InChI is InChI=1S/C12H17N3/c1-2-11-8-14-12(13)15(11)9-10-6-4-3-5-7-10/h3-7,11H,2,8-9H2,1H3,(H2,13,14). The molecule has 0 amide bonds. The summed E-state index contributed by atoms with van der Waals surface area (Å²) in [5.41, 5.74) is 7.16. The molecular weight excluding hydrogens is 186 g/mol. The molecule has 1 unspecified atom stereocenters. The van der Waals surface area contributed by atoms with Gasteiger partial charge in [-0.2, -0.15) is 0 Å². The molecule has 0 saturated heterocycles. The van der Waals surface area contributed by atoms with E-state index in [2.05, 4.69) is 41.1 Å².